The Hall–Kier alpha value is -1.51. The van der Waals surface area contributed by atoms with Crippen LogP contribution in [0.2, 0.25) is 0 Å². The fourth-order valence-corrected chi connectivity index (χ4v) is 4.10. The average Bonchev–Trinajstić information content (AvgIpc) is 3.04. The summed E-state index contributed by atoms with van der Waals surface area (Å²) < 4.78 is 0. The van der Waals surface area contributed by atoms with Crippen molar-refractivity contribution >= 4 is 11.6 Å². The Bertz CT molecular complexity index is 494. The SMILES string of the molecule is CNc1ccccc1C(=O)N1CCCC1C1CCCCC1. The van der Waals surface area contributed by atoms with Crippen molar-refractivity contribution in [3.63, 3.8) is 0 Å². The second-order valence-corrected chi connectivity index (χ2v) is 6.40. The lowest BCUT2D eigenvalue weighted by Crippen LogP contribution is -2.41. The van der Waals surface area contributed by atoms with Gasteiger partial charge in [-0.05, 0) is 43.7 Å². The van der Waals surface area contributed by atoms with Gasteiger partial charge in [0.15, 0.2) is 0 Å². The Morgan fingerprint density at radius 2 is 1.86 bits per heavy atom. The van der Waals surface area contributed by atoms with E-state index in [4.69, 9.17) is 0 Å². The third kappa shape index (κ3) is 2.92. The summed E-state index contributed by atoms with van der Waals surface area (Å²) in [7, 11) is 1.88. The van der Waals surface area contributed by atoms with Crippen LogP contribution >= 0.6 is 0 Å². The first-order valence-corrected chi connectivity index (χ1v) is 8.39. The summed E-state index contributed by atoms with van der Waals surface area (Å²) in [5.74, 6) is 0.944. The Morgan fingerprint density at radius 3 is 2.62 bits per heavy atom. The lowest BCUT2D eigenvalue weighted by molar-refractivity contribution is 0.0662. The molecular weight excluding hydrogens is 260 g/mol. The molecule has 3 nitrogen and oxygen atoms in total. The molecule has 0 bridgehead atoms. The van der Waals surface area contributed by atoms with Gasteiger partial charge in [0.2, 0.25) is 0 Å². The van der Waals surface area contributed by atoms with Crippen LogP contribution in [0, 0.1) is 5.92 Å². The van der Waals surface area contributed by atoms with E-state index in [9.17, 15) is 4.79 Å². The van der Waals surface area contributed by atoms with Crippen molar-refractivity contribution in [1.82, 2.24) is 4.90 Å². The molecule has 1 amide bonds. The van der Waals surface area contributed by atoms with Gasteiger partial charge in [-0.2, -0.15) is 0 Å². The van der Waals surface area contributed by atoms with Crippen LogP contribution in [-0.2, 0) is 0 Å². The normalized spacial score (nSPS) is 23.3. The number of nitrogens with one attached hydrogen (secondary N) is 1. The monoisotopic (exact) mass is 286 g/mol. The van der Waals surface area contributed by atoms with E-state index < -0.39 is 0 Å². The second-order valence-electron chi connectivity index (χ2n) is 6.40. The van der Waals surface area contributed by atoms with Crippen LogP contribution in [0.3, 0.4) is 0 Å². The Morgan fingerprint density at radius 1 is 1.10 bits per heavy atom. The zero-order valence-corrected chi connectivity index (χ0v) is 13.0. The molecule has 1 heterocycles. The first-order valence-electron chi connectivity index (χ1n) is 8.39. The number of carbonyl (C=O) groups is 1. The largest absolute Gasteiger partial charge is 0.387 e. The average molecular weight is 286 g/mol. The van der Waals surface area contributed by atoms with Gasteiger partial charge in [0.1, 0.15) is 0 Å². The zero-order chi connectivity index (χ0) is 14.7. The quantitative estimate of drug-likeness (QED) is 0.913. The standard InChI is InChI=1S/C18H26N2O/c1-19-16-11-6-5-10-15(16)18(21)20-13-7-12-17(20)14-8-3-2-4-9-14/h5-6,10-11,14,17,19H,2-4,7-9,12-13H2,1H3. The van der Waals surface area contributed by atoms with Crippen LogP contribution in [0.25, 0.3) is 0 Å². The van der Waals surface area contributed by atoms with Crippen LogP contribution in [0.1, 0.15) is 55.3 Å². The van der Waals surface area contributed by atoms with Crippen molar-refractivity contribution in [2.45, 2.75) is 51.0 Å². The lowest BCUT2D eigenvalue weighted by atomic mass is 9.83. The molecule has 21 heavy (non-hydrogen) atoms. The Labute approximate surface area is 127 Å². The van der Waals surface area contributed by atoms with E-state index in [0.717, 1.165) is 30.1 Å². The van der Waals surface area contributed by atoms with E-state index in [1.807, 2.05) is 31.3 Å². The molecule has 3 rings (SSSR count). The minimum atomic E-state index is 0.216. The first-order chi connectivity index (χ1) is 10.3. The molecule has 1 atom stereocenters. The number of carbonyl (C=O) groups excluding carboxylic acids is 1. The lowest BCUT2D eigenvalue weighted by Gasteiger charge is -2.34. The van der Waals surface area contributed by atoms with Crippen LogP contribution in [0.15, 0.2) is 24.3 Å². The van der Waals surface area contributed by atoms with Gasteiger partial charge in [-0.3, -0.25) is 4.79 Å². The molecule has 3 heteroatoms. The number of benzene rings is 1. The van der Waals surface area contributed by atoms with Gasteiger partial charge < -0.3 is 10.2 Å². The number of rotatable bonds is 3. The van der Waals surface area contributed by atoms with Crippen LogP contribution in [-0.4, -0.2) is 30.4 Å². The molecule has 1 unspecified atom stereocenters. The van der Waals surface area contributed by atoms with Gasteiger partial charge in [-0.25, -0.2) is 0 Å². The van der Waals surface area contributed by atoms with E-state index in [0.29, 0.717) is 6.04 Å². The highest BCUT2D eigenvalue weighted by atomic mass is 16.2. The smallest absolute Gasteiger partial charge is 0.256 e. The topological polar surface area (TPSA) is 32.3 Å². The molecule has 114 valence electrons. The Kier molecular flexibility index (Phi) is 4.47. The summed E-state index contributed by atoms with van der Waals surface area (Å²) in [5, 5.41) is 3.15. The van der Waals surface area contributed by atoms with Crippen molar-refractivity contribution in [1.29, 1.82) is 0 Å². The fourth-order valence-electron chi connectivity index (χ4n) is 4.10. The fraction of sp³-hybridized carbons (Fsp3) is 0.611. The predicted molar refractivity (Wildman–Crippen MR) is 86.6 cm³/mol. The summed E-state index contributed by atoms with van der Waals surface area (Å²) in [4.78, 5) is 15.1. The third-order valence-electron chi connectivity index (χ3n) is 5.18. The molecule has 1 aromatic rings. The van der Waals surface area contributed by atoms with Gasteiger partial charge in [-0.15, -0.1) is 0 Å². The number of para-hydroxylation sites is 1. The van der Waals surface area contributed by atoms with Gasteiger partial charge in [0, 0.05) is 25.3 Å². The summed E-state index contributed by atoms with van der Waals surface area (Å²) in [6.07, 6.45) is 9.03. The maximum atomic E-state index is 13.0. The summed E-state index contributed by atoms with van der Waals surface area (Å²) >= 11 is 0. The molecule has 2 aliphatic rings. The van der Waals surface area contributed by atoms with Crippen molar-refractivity contribution < 1.29 is 4.79 Å². The summed E-state index contributed by atoms with van der Waals surface area (Å²) in [6, 6.07) is 8.34. The van der Waals surface area contributed by atoms with Crippen LogP contribution < -0.4 is 5.32 Å². The van der Waals surface area contributed by atoms with E-state index in [1.54, 1.807) is 0 Å². The molecule has 2 fully saturated rings. The van der Waals surface area contributed by atoms with E-state index in [-0.39, 0.29) is 5.91 Å². The summed E-state index contributed by atoms with van der Waals surface area (Å²) in [5.41, 5.74) is 1.76. The molecule has 1 saturated heterocycles. The highest BCUT2D eigenvalue weighted by Crippen LogP contribution is 2.35. The van der Waals surface area contributed by atoms with Crippen molar-refractivity contribution in [2.75, 3.05) is 18.9 Å². The maximum Gasteiger partial charge on any atom is 0.256 e. The molecule has 0 aromatic heterocycles. The molecule has 1 aliphatic carbocycles. The van der Waals surface area contributed by atoms with Crippen molar-refractivity contribution in [2.24, 2.45) is 5.92 Å². The third-order valence-corrected chi connectivity index (χ3v) is 5.18. The highest BCUT2D eigenvalue weighted by molar-refractivity contribution is 5.99. The molecule has 1 aliphatic heterocycles. The summed E-state index contributed by atoms with van der Waals surface area (Å²) in [6.45, 7) is 0.929. The number of nitrogens with zero attached hydrogens (tertiary/aromatic N) is 1. The number of anilines is 1. The van der Waals surface area contributed by atoms with E-state index in [1.165, 1.54) is 38.5 Å². The minimum Gasteiger partial charge on any atom is -0.387 e. The van der Waals surface area contributed by atoms with Gasteiger partial charge in [0.25, 0.3) is 5.91 Å². The number of likely N-dealkylation sites (tertiary alicyclic amines) is 1. The molecule has 1 aromatic carbocycles. The molecular formula is C18H26N2O. The molecule has 1 N–H and O–H groups in total. The van der Waals surface area contributed by atoms with Crippen molar-refractivity contribution in [3.8, 4) is 0 Å². The van der Waals surface area contributed by atoms with Gasteiger partial charge >= 0.3 is 0 Å². The van der Waals surface area contributed by atoms with Crippen LogP contribution in [0.5, 0.6) is 0 Å². The first kappa shape index (κ1) is 14.4. The van der Waals surface area contributed by atoms with Gasteiger partial charge in [0.05, 0.1) is 5.56 Å². The predicted octanol–water partition coefficient (Wildman–Crippen LogP) is 3.91. The highest BCUT2D eigenvalue weighted by Gasteiger charge is 2.35. The Balaban J connectivity index is 1.79. The van der Waals surface area contributed by atoms with Crippen LogP contribution in [0.4, 0.5) is 5.69 Å². The second kappa shape index (κ2) is 6.50. The number of hydrogen-bond donors (Lipinski definition) is 1. The van der Waals surface area contributed by atoms with E-state index in [2.05, 4.69) is 10.2 Å². The van der Waals surface area contributed by atoms with Crippen molar-refractivity contribution in [3.05, 3.63) is 29.8 Å². The number of hydrogen-bond acceptors (Lipinski definition) is 2. The van der Waals surface area contributed by atoms with Gasteiger partial charge in [-0.1, -0.05) is 31.4 Å². The molecule has 1 saturated carbocycles. The molecule has 0 radical (unpaired) electrons. The minimum absolute atomic E-state index is 0.216. The van der Waals surface area contributed by atoms with E-state index >= 15 is 0 Å². The number of amides is 1. The maximum absolute atomic E-state index is 13.0. The zero-order valence-electron chi connectivity index (χ0n) is 13.0. The molecule has 0 spiro atoms.